The summed E-state index contributed by atoms with van der Waals surface area (Å²) in [6, 6.07) is 8.50. The molecule has 9 heteroatoms. The molecule has 9 nitrogen and oxygen atoms in total. The molecule has 174 valence electrons. The topological polar surface area (TPSA) is 87.5 Å². The molecule has 5 heterocycles. The molecule has 34 heavy (non-hydrogen) atoms. The minimum Gasteiger partial charge on any atom is -0.380 e. The number of hydrogen-bond acceptors (Lipinski definition) is 7. The third kappa shape index (κ3) is 4.25. The van der Waals surface area contributed by atoms with Gasteiger partial charge in [-0.1, -0.05) is 0 Å². The molecule has 4 aromatic heterocycles. The fourth-order valence-corrected chi connectivity index (χ4v) is 4.48. The summed E-state index contributed by atoms with van der Waals surface area (Å²) in [6.07, 6.45) is 9.47. The third-order valence-electron chi connectivity index (χ3n) is 6.44. The molecule has 0 aromatic carbocycles. The smallest absolute Gasteiger partial charge is 0.128 e. The van der Waals surface area contributed by atoms with Gasteiger partial charge in [-0.15, -0.1) is 0 Å². The number of hydrogen-bond donors (Lipinski definition) is 0. The number of nitriles is 1. The average molecular weight is 457 g/mol. The first-order valence-corrected chi connectivity index (χ1v) is 11.4. The molecule has 0 unspecified atom stereocenters. The lowest BCUT2D eigenvalue weighted by atomic mass is 10.0. The van der Waals surface area contributed by atoms with Crippen LogP contribution in [0.2, 0.25) is 0 Å². The maximum Gasteiger partial charge on any atom is 0.128 e. The van der Waals surface area contributed by atoms with Crippen molar-refractivity contribution in [2.75, 3.05) is 44.7 Å². The minimum atomic E-state index is 0.241. The van der Waals surface area contributed by atoms with Gasteiger partial charge in [0.1, 0.15) is 11.9 Å². The summed E-state index contributed by atoms with van der Waals surface area (Å²) >= 11 is 0. The molecule has 4 aromatic rings. The molecule has 0 aliphatic carbocycles. The van der Waals surface area contributed by atoms with Gasteiger partial charge in [0.2, 0.25) is 0 Å². The van der Waals surface area contributed by atoms with Crippen LogP contribution in [0.1, 0.15) is 12.5 Å². The quantitative estimate of drug-likeness (QED) is 0.441. The van der Waals surface area contributed by atoms with Crippen molar-refractivity contribution in [2.45, 2.75) is 13.0 Å². The Bertz CT molecular complexity index is 1330. The Morgan fingerprint density at radius 1 is 1.03 bits per heavy atom. The number of piperazine rings is 1. The van der Waals surface area contributed by atoms with Crippen LogP contribution in [0.4, 0.5) is 5.82 Å². The zero-order valence-electron chi connectivity index (χ0n) is 19.7. The number of aromatic nitrogens is 5. The summed E-state index contributed by atoms with van der Waals surface area (Å²) < 4.78 is 8.94. The van der Waals surface area contributed by atoms with E-state index in [1.807, 2.05) is 31.8 Å². The van der Waals surface area contributed by atoms with Crippen molar-refractivity contribution in [3.05, 3.63) is 54.7 Å². The van der Waals surface area contributed by atoms with E-state index in [0.29, 0.717) is 5.56 Å². The molecule has 1 fully saturated rings. The van der Waals surface area contributed by atoms with Gasteiger partial charge in [-0.2, -0.15) is 15.5 Å². The molecule has 0 spiro atoms. The molecule has 5 rings (SSSR count). The number of methoxy groups -OCH3 is 1. The van der Waals surface area contributed by atoms with Gasteiger partial charge in [0.15, 0.2) is 0 Å². The molecule has 1 aliphatic heterocycles. The number of aryl methyl sites for hydroxylation is 1. The van der Waals surface area contributed by atoms with Crippen molar-refractivity contribution in [1.29, 1.82) is 5.26 Å². The van der Waals surface area contributed by atoms with E-state index in [2.05, 4.69) is 51.2 Å². The molecular formula is C25H28N8O. The lowest BCUT2D eigenvalue weighted by Crippen LogP contribution is -2.48. The van der Waals surface area contributed by atoms with Crippen LogP contribution in [0.25, 0.3) is 27.8 Å². The van der Waals surface area contributed by atoms with Gasteiger partial charge in [-0.05, 0) is 25.1 Å². The number of rotatable bonds is 6. The Balaban J connectivity index is 1.43. The highest BCUT2D eigenvalue weighted by atomic mass is 16.5. The summed E-state index contributed by atoms with van der Waals surface area (Å²) in [7, 11) is 3.65. The number of nitrogens with zero attached hydrogens (tertiary/aromatic N) is 8. The van der Waals surface area contributed by atoms with Crippen LogP contribution in [-0.2, 0) is 11.8 Å². The Kier molecular flexibility index (Phi) is 6.01. The standard InChI is InChI=1S/C25H28N8O/c1-18(34-3)15-31-6-8-32(9-7-31)24-5-4-19(12-27-24)23-10-20(22-14-28-30(2)16-22)17-33-25(23)21(11-26)13-29-33/h4-5,10,12-14,16-18H,6-9,15H2,1-3H3/t18-/m0/s1. The first kappa shape index (κ1) is 22.1. The number of ether oxygens (including phenoxy) is 1. The third-order valence-corrected chi connectivity index (χ3v) is 6.44. The molecule has 0 saturated carbocycles. The van der Waals surface area contributed by atoms with Crippen LogP contribution in [0.5, 0.6) is 0 Å². The van der Waals surface area contributed by atoms with Crippen LogP contribution in [0.3, 0.4) is 0 Å². The van der Waals surface area contributed by atoms with Gasteiger partial charge < -0.3 is 9.64 Å². The SMILES string of the molecule is CO[C@@H](C)CN1CCN(c2ccc(-c3cc(-c4cnn(C)c4)cn4ncc(C#N)c34)cn2)CC1. The molecule has 0 radical (unpaired) electrons. The van der Waals surface area contributed by atoms with Gasteiger partial charge in [-0.25, -0.2) is 9.50 Å². The van der Waals surface area contributed by atoms with E-state index in [1.165, 1.54) is 0 Å². The zero-order chi connectivity index (χ0) is 23.7. The van der Waals surface area contributed by atoms with Crippen molar-refractivity contribution >= 4 is 11.3 Å². The van der Waals surface area contributed by atoms with Crippen LogP contribution >= 0.6 is 0 Å². The summed E-state index contributed by atoms with van der Waals surface area (Å²) in [5.41, 5.74) is 5.17. The normalized spacial score (nSPS) is 15.5. The second-order valence-electron chi connectivity index (χ2n) is 8.75. The highest BCUT2D eigenvalue weighted by Crippen LogP contribution is 2.32. The highest BCUT2D eigenvalue weighted by Gasteiger charge is 2.20. The first-order chi connectivity index (χ1) is 16.6. The van der Waals surface area contributed by atoms with E-state index in [1.54, 1.807) is 22.5 Å². The van der Waals surface area contributed by atoms with Crippen molar-refractivity contribution < 1.29 is 4.74 Å². The van der Waals surface area contributed by atoms with E-state index in [-0.39, 0.29) is 6.10 Å². The van der Waals surface area contributed by atoms with Crippen molar-refractivity contribution in [1.82, 2.24) is 29.3 Å². The maximum atomic E-state index is 9.64. The molecule has 0 N–H and O–H groups in total. The molecule has 1 saturated heterocycles. The Morgan fingerprint density at radius 2 is 1.85 bits per heavy atom. The van der Waals surface area contributed by atoms with E-state index in [9.17, 15) is 5.26 Å². The molecule has 0 amide bonds. The van der Waals surface area contributed by atoms with Crippen LogP contribution in [-0.4, -0.2) is 75.2 Å². The predicted octanol–water partition coefficient (Wildman–Crippen LogP) is 2.83. The van der Waals surface area contributed by atoms with E-state index < -0.39 is 0 Å². The summed E-state index contributed by atoms with van der Waals surface area (Å²) in [5, 5.41) is 18.4. The second kappa shape index (κ2) is 9.25. The van der Waals surface area contributed by atoms with E-state index >= 15 is 0 Å². The zero-order valence-corrected chi connectivity index (χ0v) is 19.7. The number of anilines is 1. The monoisotopic (exact) mass is 456 g/mol. The average Bonchev–Trinajstić information content (AvgIpc) is 3.50. The van der Waals surface area contributed by atoms with E-state index in [4.69, 9.17) is 9.72 Å². The van der Waals surface area contributed by atoms with Crippen LogP contribution in [0.15, 0.2) is 49.2 Å². The summed E-state index contributed by atoms with van der Waals surface area (Å²) in [6.45, 7) is 6.91. The van der Waals surface area contributed by atoms with Gasteiger partial charge in [0.25, 0.3) is 0 Å². The predicted molar refractivity (Wildman–Crippen MR) is 130 cm³/mol. The number of pyridine rings is 2. The Labute approximate surface area is 198 Å². The van der Waals surface area contributed by atoms with Gasteiger partial charge in [-0.3, -0.25) is 9.58 Å². The summed E-state index contributed by atoms with van der Waals surface area (Å²) in [4.78, 5) is 9.54. The Hall–Kier alpha value is -3.74. The molecule has 1 atom stereocenters. The van der Waals surface area contributed by atoms with Crippen LogP contribution < -0.4 is 4.90 Å². The second-order valence-corrected chi connectivity index (χ2v) is 8.75. The number of fused-ring (bicyclic) bond motifs is 1. The van der Waals surface area contributed by atoms with E-state index in [0.717, 1.165) is 66.3 Å². The lowest BCUT2D eigenvalue weighted by Gasteiger charge is -2.36. The van der Waals surface area contributed by atoms with Crippen molar-refractivity contribution in [2.24, 2.45) is 7.05 Å². The van der Waals surface area contributed by atoms with Gasteiger partial charge >= 0.3 is 0 Å². The highest BCUT2D eigenvalue weighted by molar-refractivity contribution is 5.87. The Morgan fingerprint density at radius 3 is 2.50 bits per heavy atom. The maximum absolute atomic E-state index is 9.64. The first-order valence-electron chi connectivity index (χ1n) is 11.4. The fraction of sp³-hybridized carbons (Fsp3) is 0.360. The van der Waals surface area contributed by atoms with Gasteiger partial charge in [0.05, 0.1) is 29.6 Å². The fourth-order valence-electron chi connectivity index (χ4n) is 4.48. The largest absolute Gasteiger partial charge is 0.380 e. The van der Waals surface area contributed by atoms with Gasteiger partial charge in [0, 0.05) is 87.7 Å². The molecular weight excluding hydrogens is 428 g/mol. The summed E-state index contributed by atoms with van der Waals surface area (Å²) in [5.74, 6) is 0.969. The lowest BCUT2D eigenvalue weighted by molar-refractivity contribution is 0.0749. The molecule has 1 aliphatic rings. The van der Waals surface area contributed by atoms with Crippen molar-refractivity contribution in [3.63, 3.8) is 0 Å². The van der Waals surface area contributed by atoms with Crippen molar-refractivity contribution in [3.8, 4) is 28.3 Å². The molecule has 0 bridgehead atoms. The van der Waals surface area contributed by atoms with Crippen LogP contribution in [0, 0.1) is 11.3 Å². The minimum absolute atomic E-state index is 0.241.